The smallest absolute Gasteiger partial charge is 0.268 e. The maximum Gasteiger partial charge on any atom is 0.268 e. The topological polar surface area (TPSA) is 69.2 Å². The number of para-hydroxylation sites is 1. The van der Waals surface area contributed by atoms with Crippen LogP contribution in [0.2, 0.25) is 0 Å². The molecule has 3 rings (SSSR count). The van der Waals surface area contributed by atoms with Gasteiger partial charge in [-0.1, -0.05) is 23.4 Å². The summed E-state index contributed by atoms with van der Waals surface area (Å²) in [6.45, 7) is 0. The molecule has 6 heteroatoms. The highest BCUT2D eigenvalue weighted by molar-refractivity contribution is 6.07. The van der Waals surface area contributed by atoms with Crippen LogP contribution < -0.4 is 14.8 Å². The molecule has 0 fully saturated rings. The average Bonchev–Trinajstić information content (AvgIpc) is 3.12. The second-order valence-electron chi connectivity index (χ2n) is 5.26. The summed E-state index contributed by atoms with van der Waals surface area (Å²) in [5, 5.41) is 6.85. The van der Waals surface area contributed by atoms with Crippen LogP contribution in [0.15, 0.2) is 53.7 Å². The molecular weight excluding hydrogens is 308 g/mol. The number of amides is 1. The third kappa shape index (κ3) is 3.32. The molecule has 24 heavy (non-hydrogen) atoms. The number of ether oxygens (including phenoxy) is 2. The van der Waals surface area contributed by atoms with Crippen LogP contribution in [-0.4, -0.2) is 31.9 Å². The van der Waals surface area contributed by atoms with E-state index in [-0.39, 0.29) is 5.91 Å². The Morgan fingerprint density at radius 3 is 2.79 bits per heavy atom. The first kappa shape index (κ1) is 15.9. The first-order chi connectivity index (χ1) is 11.7. The number of rotatable bonds is 5. The molecule has 2 aromatic rings. The van der Waals surface area contributed by atoms with E-state index in [0.29, 0.717) is 29.3 Å². The molecular formula is C18H18N2O4. The SMILES string of the molecule is COc1cccc(NC(=O)C2CC(c3ccccc3OC)=NO2)c1. The summed E-state index contributed by atoms with van der Waals surface area (Å²) in [6.07, 6.45) is -0.285. The third-order valence-corrected chi connectivity index (χ3v) is 3.72. The van der Waals surface area contributed by atoms with Crippen molar-refractivity contribution in [1.29, 1.82) is 0 Å². The first-order valence-electron chi connectivity index (χ1n) is 7.52. The number of carbonyl (C=O) groups is 1. The Morgan fingerprint density at radius 1 is 1.17 bits per heavy atom. The normalized spacial score (nSPS) is 16.1. The van der Waals surface area contributed by atoms with Gasteiger partial charge < -0.3 is 19.6 Å². The summed E-state index contributed by atoms with van der Waals surface area (Å²) in [4.78, 5) is 17.7. The number of nitrogens with zero attached hydrogens (tertiary/aromatic N) is 1. The zero-order valence-corrected chi connectivity index (χ0v) is 13.5. The second-order valence-corrected chi connectivity index (χ2v) is 5.26. The van der Waals surface area contributed by atoms with Gasteiger partial charge in [0.15, 0.2) is 0 Å². The van der Waals surface area contributed by atoms with E-state index in [4.69, 9.17) is 14.3 Å². The first-order valence-corrected chi connectivity index (χ1v) is 7.52. The molecule has 1 heterocycles. The lowest BCUT2D eigenvalue weighted by Gasteiger charge is -2.10. The van der Waals surface area contributed by atoms with Crippen LogP contribution in [0.4, 0.5) is 5.69 Å². The summed E-state index contributed by atoms with van der Waals surface area (Å²) >= 11 is 0. The predicted molar refractivity (Wildman–Crippen MR) is 90.6 cm³/mol. The molecule has 0 radical (unpaired) electrons. The van der Waals surface area contributed by atoms with Crippen molar-refractivity contribution in [3.63, 3.8) is 0 Å². The highest BCUT2D eigenvalue weighted by Gasteiger charge is 2.30. The molecule has 2 aromatic carbocycles. The number of carbonyl (C=O) groups excluding carboxylic acids is 1. The maximum absolute atomic E-state index is 12.4. The Labute approximate surface area is 140 Å². The Bertz CT molecular complexity index is 773. The minimum absolute atomic E-state index is 0.253. The molecule has 0 aliphatic carbocycles. The van der Waals surface area contributed by atoms with Gasteiger partial charge in [-0.2, -0.15) is 0 Å². The van der Waals surface area contributed by atoms with Crippen molar-refractivity contribution in [3.8, 4) is 11.5 Å². The lowest BCUT2D eigenvalue weighted by atomic mass is 10.0. The van der Waals surface area contributed by atoms with Crippen molar-refractivity contribution in [2.24, 2.45) is 5.16 Å². The minimum atomic E-state index is -0.670. The molecule has 0 saturated carbocycles. The molecule has 0 saturated heterocycles. The van der Waals surface area contributed by atoms with Gasteiger partial charge in [0.1, 0.15) is 11.5 Å². The largest absolute Gasteiger partial charge is 0.497 e. The summed E-state index contributed by atoms with van der Waals surface area (Å²) in [6, 6.07) is 14.7. The highest BCUT2D eigenvalue weighted by Crippen LogP contribution is 2.25. The molecule has 0 spiro atoms. The molecule has 1 amide bonds. The molecule has 1 aliphatic rings. The van der Waals surface area contributed by atoms with Crippen molar-refractivity contribution >= 4 is 17.3 Å². The van der Waals surface area contributed by atoms with Crippen molar-refractivity contribution < 1.29 is 19.1 Å². The number of anilines is 1. The van der Waals surface area contributed by atoms with Crippen LogP contribution in [0.25, 0.3) is 0 Å². The lowest BCUT2D eigenvalue weighted by Crippen LogP contribution is -2.28. The number of methoxy groups -OCH3 is 2. The van der Waals surface area contributed by atoms with Gasteiger partial charge in [0, 0.05) is 23.7 Å². The van der Waals surface area contributed by atoms with Crippen LogP contribution in [0.1, 0.15) is 12.0 Å². The second kappa shape index (κ2) is 7.04. The monoisotopic (exact) mass is 326 g/mol. The van der Waals surface area contributed by atoms with Gasteiger partial charge in [0.05, 0.1) is 19.9 Å². The van der Waals surface area contributed by atoms with Crippen molar-refractivity contribution in [1.82, 2.24) is 0 Å². The van der Waals surface area contributed by atoms with E-state index in [1.165, 1.54) is 0 Å². The van der Waals surface area contributed by atoms with Crippen LogP contribution >= 0.6 is 0 Å². The fourth-order valence-electron chi connectivity index (χ4n) is 2.48. The van der Waals surface area contributed by atoms with Gasteiger partial charge >= 0.3 is 0 Å². The summed E-state index contributed by atoms with van der Waals surface area (Å²) in [5.74, 6) is 1.12. The molecule has 0 aromatic heterocycles. The fraction of sp³-hybridized carbons (Fsp3) is 0.222. The molecule has 1 aliphatic heterocycles. The molecule has 1 unspecified atom stereocenters. The summed E-state index contributed by atoms with van der Waals surface area (Å²) in [5.41, 5.74) is 2.17. The lowest BCUT2D eigenvalue weighted by molar-refractivity contribution is -0.125. The quantitative estimate of drug-likeness (QED) is 0.917. The van der Waals surface area contributed by atoms with Crippen molar-refractivity contribution in [2.45, 2.75) is 12.5 Å². The molecule has 0 bridgehead atoms. The zero-order chi connectivity index (χ0) is 16.9. The minimum Gasteiger partial charge on any atom is -0.497 e. The van der Waals surface area contributed by atoms with Crippen LogP contribution in [0.5, 0.6) is 11.5 Å². The standard InChI is InChI=1S/C18H18N2O4/c1-22-13-7-5-6-12(10-13)19-18(21)17-11-15(20-24-17)14-8-3-4-9-16(14)23-2/h3-10,17H,11H2,1-2H3,(H,19,21). The van der Waals surface area contributed by atoms with Gasteiger partial charge in [-0.25, -0.2) is 0 Å². The Hall–Kier alpha value is -3.02. The third-order valence-electron chi connectivity index (χ3n) is 3.72. The van der Waals surface area contributed by atoms with E-state index < -0.39 is 6.10 Å². The van der Waals surface area contributed by atoms with E-state index in [1.54, 1.807) is 32.4 Å². The van der Waals surface area contributed by atoms with Crippen LogP contribution in [0, 0.1) is 0 Å². The van der Waals surface area contributed by atoms with Gasteiger partial charge in [-0.05, 0) is 24.3 Å². The highest BCUT2D eigenvalue weighted by atomic mass is 16.6. The number of nitrogens with one attached hydrogen (secondary N) is 1. The molecule has 6 nitrogen and oxygen atoms in total. The number of benzene rings is 2. The summed E-state index contributed by atoms with van der Waals surface area (Å²) in [7, 11) is 3.18. The van der Waals surface area contributed by atoms with Crippen LogP contribution in [0.3, 0.4) is 0 Å². The van der Waals surface area contributed by atoms with Gasteiger partial charge in [-0.15, -0.1) is 0 Å². The number of hydrogen-bond donors (Lipinski definition) is 1. The maximum atomic E-state index is 12.4. The predicted octanol–water partition coefficient (Wildman–Crippen LogP) is 2.84. The molecule has 1 atom stereocenters. The van der Waals surface area contributed by atoms with Crippen LogP contribution in [-0.2, 0) is 9.63 Å². The fourth-order valence-corrected chi connectivity index (χ4v) is 2.48. The Balaban J connectivity index is 1.67. The van der Waals surface area contributed by atoms with E-state index in [9.17, 15) is 4.79 Å². The molecule has 124 valence electrons. The molecule has 1 N–H and O–H groups in total. The van der Waals surface area contributed by atoms with Gasteiger partial charge in [0.25, 0.3) is 5.91 Å². The van der Waals surface area contributed by atoms with E-state index in [1.807, 2.05) is 30.3 Å². The summed E-state index contributed by atoms with van der Waals surface area (Å²) < 4.78 is 10.5. The number of hydrogen-bond acceptors (Lipinski definition) is 5. The zero-order valence-electron chi connectivity index (χ0n) is 13.5. The Kier molecular flexibility index (Phi) is 4.65. The van der Waals surface area contributed by atoms with E-state index in [0.717, 1.165) is 5.56 Å². The van der Waals surface area contributed by atoms with E-state index >= 15 is 0 Å². The van der Waals surface area contributed by atoms with Gasteiger partial charge in [0.2, 0.25) is 6.10 Å². The number of oxime groups is 1. The average molecular weight is 326 g/mol. The van der Waals surface area contributed by atoms with Crippen molar-refractivity contribution in [3.05, 3.63) is 54.1 Å². The van der Waals surface area contributed by atoms with E-state index in [2.05, 4.69) is 10.5 Å². The van der Waals surface area contributed by atoms with Crippen molar-refractivity contribution in [2.75, 3.05) is 19.5 Å². The van der Waals surface area contributed by atoms with Gasteiger partial charge in [-0.3, -0.25) is 4.79 Å². The Morgan fingerprint density at radius 2 is 2.00 bits per heavy atom.